The van der Waals surface area contributed by atoms with E-state index in [-0.39, 0.29) is 12.5 Å². The van der Waals surface area contributed by atoms with Crippen molar-refractivity contribution < 1.29 is 9.90 Å². The summed E-state index contributed by atoms with van der Waals surface area (Å²) in [7, 11) is 0. The van der Waals surface area contributed by atoms with Crippen LogP contribution in [0.4, 0.5) is 0 Å². The molecular formula is C11H21NO2. The lowest BCUT2D eigenvalue weighted by Gasteiger charge is -2.20. The summed E-state index contributed by atoms with van der Waals surface area (Å²) in [5.41, 5.74) is 0. The van der Waals surface area contributed by atoms with Crippen LogP contribution in [0.5, 0.6) is 0 Å². The van der Waals surface area contributed by atoms with Gasteiger partial charge >= 0.3 is 0 Å². The summed E-state index contributed by atoms with van der Waals surface area (Å²) in [6.07, 6.45) is 8.29. The van der Waals surface area contributed by atoms with Crippen molar-refractivity contribution in [1.82, 2.24) is 5.32 Å². The van der Waals surface area contributed by atoms with Gasteiger partial charge in [-0.15, -0.1) is 0 Å². The number of hydrogen-bond acceptors (Lipinski definition) is 2. The smallest absolute Gasteiger partial charge is 0.220 e. The van der Waals surface area contributed by atoms with E-state index >= 15 is 0 Å². The van der Waals surface area contributed by atoms with Crippen molar-refractivity contribution in [2.45, 2.75) is 44.9 Å². The third-order valence-corrected chi connectivity index (χ3v) is 2.94. The van der Waals surface area contributed by atoms with Gasteiger partial charge in [0, 0.05) is 13.0 Å². The van der Waals surface area contributed by atoms with Crippen molar-refractivity contribution in [3.63, 3.8) is 0 Å². The number of amides is 1. The van der Waals surface area contributed by atoms with Crippen LogP contribution in [0.2, 0.25) is 0 Å². The summed E-state index contributed by atoms with van der Waals surface area (Å²) in [4.78, 5) is 11.2. The van der Waals surface area contributed by atoms with Gasteiger partial charge in [-0.3, -0.25) is 4.79 Å². The van der Waals surface area contributed by atoms with Crippen LogP contribution in [0.3, 0.4) is 0 Å². The standard InChI is InChI=1S/C11H21NO2/c13-9-8-12-11(14)7-6-10-4-2-1-3-5-10/h10,13H,1-9H2,(H,12,14). The first kappa shape index (κ1) is 11.5. The molecule has 0 spiro atoms. The fourth-order valence-electron chi connectivity index (χ4n) is 2.09. The van der Waals surface area contributed by atoms with Crippen LogP contribution in [0, 0.1) is 5.92 Å². The van der Waals surface area contributed by atoms with Gasteiger partial charge in [0.1, 0.15) is 0 Å². The molecule has 1 amide bonds. The molecule has 0 aromatic heterocycles. The molecule has 0 radical (unpaired) electrons. The van der Waals surface area contributed by atoms with Crippen LogP contribution in [0.25, 0.3) is 0 Å². The molecule has 1 saturated carbocycles. The third-order valence-electron chi connectivity index (χ3n) is 2.94. The number of rotatable bonds is 5. The maximum atomic E-state index is 11.2. The quantitative estimate of drug-likeness (QED) is 0.704. The Balaban J connectivity index is 2.03. The molecule has 3 heteroatoms. The minimum Gasteiger partial charge on any atom is -0.395 e. The predicted molar refractivity (Wildman–Crippen MR) is 55.9 cm³/mol. The molecule has 0 heterocycles. The minimum atomic E-state index is 0.0369. The van der Waals surface area contributed by atoms with E-state index in [1.807, 2.05) is 0 Å². The second-order valence-corrected chi connectivity index (χ2v) is 4.12. The summed E-state index contributed by atoms with van der Waals surface area (Å²) in [5.74, 6) is 0.855. The van der Waals surface area contributed by atoms with E-state index in [9.17, 15) is 4.79 Å². The van der Waals surface area contributed by atoms with Crippen LogP contribution in [0.15, 0.2) is 0 Å². The second-order valence-electron chi connectivity index (χ2n) is 4.12. The van der Waals surface area contributed by atoms with Gasteiger partial charge in [0.25, 0.3) is 0 Å². The molecule has 1 rings (SSSR count). The molecule has 0 aromatic rings. The van der Waals surface area contributed by atoms with Gasteiger partial charge in [-0.05, 0) is 12.3 Å². The zero-order chi connectivity index (χ0) is 10.2. The monoisotopic (exact) mass is 199 g/mol. The molecule has 1 aliphatic carbocycles. The third kappa shape index (κ3) is 4.61. The average molecular weight is 199 g/mol. The Kier molecular flexibility index (Phi) is 5.60. The molecule has 14 heavy (non-hydrogen) atoms. The van der Waals surface area contributed by atoms with Crippen molar-refractivity contribution in [1.29, 1.82) is 0 Å². The van der Waals surface area contributed by atoms with Crippen molar-refractivity contribution in [2.75, 3.05) is 13.2 Å². The molecule has 0 aromatic carbocycles. The summed E-state index contributed by atoms with van der Waals surface area (Å²) >= 11 is 0. The number of hydrogen-bond donors (Lipinski definition) is 2. The van der Waals surface area contributed by atoms with Gasteiger partial charge in [0.2, 0.25) is 5.91 Å². The predicted octanol–water partition coefficient (Wildman–Crippen LogP) is 1.46. The summed E-state index contributed by atoms with van der Waals surface area (Å²) in [5, 5.41) is 11.2. The Labute approximate surface area is 85.9 Å². The number of aliphatic hydroxyl groups excluding tert-OH is 1. The Morgan fingerprint density at radius 1 is 1.29 bits per heavy atom. The highest BCUT2D eigenvalue weighted by Crippen LogP contribution is 2.26. The summed E-state index contributed by atoms with van der Waals surface area (Å²) in [6.45, 7) is 0.429. The zero-order valence-corrected chi connectivity index (χ0v) is 8.80. The SMILES string of the molecule is O=C(CCC1CCCCC1)NCCO. The van der Waals surface area contributed by atoms with Gasteiger partial charge in [0.15, 0.2) is 0 Å². The highest BCUT2D eigenvalue weighted by molar-refractivity contribution is 5.75. The van der Waals surface area contributed by atoms with Crippen LogP contribution in [-0.2, 0) is 4.79 Å². The Morgan fingerprint density at radius 3 is 2.64 bits per heavy atom. The number of carbonyl (C=O) groups excluding carboxylic acids is 1. The Morgan fingerprint density at radius 2 is 2.00 bits per heavy atom. The topological polar surface area (TPSA) is 49.3 Å². The number of carbonyl (C=O) groups is 1. The lowest BCUT2D eigenvalue weighted by molar-refractivity contribution is -0.121. The molecule has 2 N–H and O–H groups in total. The zero-order valence-electron chi connectivity index (χ0n) is 8.80. The summed E-state index contributed by atoms with van der Waals surface area (Å²) in [6, 6.07) is 0. The molecule has 82 valence electrons. The lowest BCUT2D eigenvalue weighted by Crippen LogP contribution is -2.26. The highest BCUT2D eigenvalue weighted by Gasteiger charge is 2.14. The van der Waals surface area contributed by atoms with E-state index in [4.69, 9.17) is 5.11 Å². The molecule has 1 aliphatic rings. The van der Waals surface area contributed by atoms with Crippen LogP contribution < -0.4 is 5.32 Å². The maximum absolute atomic E-state index is 11.2. The fraction of sp³-hybridized carbons (Fsp3) is 0.909. The summed E-state index contributed by atoms with van der Waals surface area (Å²) < 4.78 is 0. The van der Waals surface area contributed by atoms with Gasteiger partial charge in [-0.1, -0.05) is 32.1 Å². The van der Waals surface area contributed by atoms with Crippen LogP contribution >= 0.6 is 0 Å². The fourth-order valence-corrected chi connectivity index (χ4v) is 2.09. The minimum absolute atomic E-state index is 0.0369. The van der Waals surface area contributed by atoms with Gasteiger partial charge in [0.05, 0.1) is 6.61 Å². The van der Waals surface area contributed by atoms with Crippen LogP contribution in [-0.4, -0.2) is 24.2 Å². The van der Waals surface area contributed by atoms with E-state index < -0.39 is 0 Å². The molecule has 0 aliphatic heterocycles. The molecule has 0 saturated heterocycles. The van der Waals surface area contributed by atoms with Crippen LogP contribution in [0.1, 0.15) is 44.9 Å². The molecule has 3 nitrogen and oxygen atoms in total. The number of nitrogens with one attached hydrogen (secondary N) is 1. The first-order valence-corrected chi connectivity index (χ1v) is 5.70. The van der Waals surface area contributed by atoms with E-state index in [1.54, 1.807) is 0 Å². The lowest BCUT2D eigenvalue weighted by atomic mass is 9.86. The first-order valence-electron chi connectivity index (χ1n) is 5.70. The molecule has 0 unspecified atom stereocenters. The molecule has 1 fully saturated rings. The van der Waals surface area contributed by atoms with Crippen molar-refractivity contribution in [3.05, 3.63) is 0 Å². The van der Waals surface area contributed by atoms with Crippen molar-refractivity contribution in [3.8, 4) is 0 Å². The van der Waals surface area contributed by atoms with E-state index in [0.717, 1.165) is 12.3 Å². The Bertz CT molecular complexity index is 165. The van der Waals surface area contributed by atoms with E-state index in [0.29, 0.717) is 13.0 Å². The maximum Gasteiger partial charge on any atom is 0.220 e. The largest absolute Gasteiger partial charge is 0.395 e. The van der Waals surface area contributed by atoms with Gasteiger partial charge in [-0.25, -0.2) is 0 Å². The van der Waals surface area contributed by atoms with Gasteiger partial charge in [-0.2, -0.15) is 0 Å². The first-order chi connectivity index (χ1) is 6.83. The van der Waals surface area contributed by atoms with E-state index in [1.165, 1.54) is 32.1 Å². The van der Waals surface area contributed by atoms with E-state index in [2.05, 4.69) is 5.32 Å². The number of aliphatic hydroxyl groups is 1. The molecular weight excluding hydrogens is 178 g/mol. The molecule has 0 atom stereocenters. The second kappa shape index (κ2) is 6.82. The van der Waals surface area contributed by atoms with Crippen molar-refractivity contribution in [2.24, 2.45) is 5.92 Å². The van der Waals surface area contributed by atoms with Crippen molar-refractivity contribution >= 4 is 5.91 Å². The Hall–Kier alpha value is -0.570. The average Bonchev–Trinajstić information content (AvgIpc) is 2.25. The van der Waals surface area contributed by atoms with Gasteiger partial charge < -0.3 is 10.4 Å². The normalized spacial score (nSPS) is 18.1. The molecule has 0 bridgehead atoms. The highest BCUT2D eigenvalue weighted by atomic mass is 16.3.